The second-order valence-corrected chi connectivity index (χ2v) is 2.34. The van der Waals surface area contributed by atoms with Crippen molar-refractivity contribution < 1.29 is 0 Å². The lowest BCUT2D eigenvalue weighted by molar-refractivity contribution is 0.949. The normalized spacial score (nSPS) is 14.5. The summed E-state index contributed by atoms with van der Waals surface area (Å²) in [5, 5.41) is 12.1. The van der Waals surface area contributed by atoms with Gasteiger partial charge in [0, 0.05) is 13.1 Å². The number of nitrogens with zero attached hydrogens (tertiary/aromatic N) is 1. The minimum atomic E-state index is -0.172. The predicted octanol–water partition coefficient (Wildman–Crippen LogP) is -0.393. The second-order valence-electron chi connectivity index (χ2n) is 2.34. The van der Waals surface area contributed by atoms with Crippen LogP contribution in [0.2, 0.25) is 0 Å². The first-order chi connectivity index (χ1) is 5.38. The molecule has 0 unspecified atom stereocenters. The fourth-order valence-corrected chi connectivity index (χ4v) is 1.09. The Kier molecular flexibility index (Phi) is 1.28. The van der Waals surface area contributed by atoms with E-state index in [0.717, 1.165) is 18.8 Å². The molecule has 1 aromatic rings. The Balaban J connectivity index is 2.58. The van der Waals surface area contributed by atoms with E-state index < -0.39 is 0 Å². The third-order valence-electron chi connectivity index (χ3n) is 1.60. The maximum absolute atomic E-state index is 11.0. The number of hydrogen-bond acceptors (Lipinski definition) is 4. The summed E-state index contributed by atoms with van der Waals surface area (Å²) in [6.07, 6.45) is 1.60. The molecule has 1 aliphatic rings. The Morgan fingerprint density at radius 2 is 2.18 bits per heavy atom. The fourth-order valence-electron chi connectivity index (χ4n) is 1.09. The summed E-state index contributed by atoms with van der Waals surface area (Å²) < 4.78 is 0. The highest BCUT2D eigenvalue weighted by molar-refractivity contribution is 5.67. The lowest BCUT2D eigenvalue weighted by Crippen LogP contribution is -2.27. The molecule has 58 valence electrons. The molecule has 0 atom stereocenters. The summed E-state index contributed by atoms with van der Waals surface area (Å²) >= 11 is 0. The van der Waals surface area contributed by atoms with Gasteiger partial charge in [-0.2, -0.15) is 5.10 Å². The molecule has 11 heavy (non-hydrogen) atoms. The van der Waals surface area contributed by atoms with Crippen LogP contribution in [0.4, 0.5) is 11.4 Å². The Labute approximate surface area is 62.8 Å². The second kappa shape index (κ2) is 2.26. The van der Waals surface area contributed by atoms with Crippen molar-refractivity contribution >= 4 is 11.4 Å². The van der Waals surface area contributed by atoms with Gasteiger partial charge in [-0.15, -0.1) is 0 Å². The monoisotopic (exact) mass is 152 g/mol. The third-order valence-corrected chi connectivity index (χ3v) is 1.60. The maximum Gasteiger partial charge on any atom is 0.289 e. The number of aromatic amines is 1. The lowest BCUT2D eigenvalue weighted by atomic mass is 10.3. The summed E-state index contributed by atoms with van der Waals surface area (Å²) in [4.78, 5) is 11.0. The molecule has 0 saturated carbocycles. The Morgan fingerprint density at radius 1 is 1.36 bits per heavy atom. The van der Waals surface area contributed by atoms with Gasteiger partial charge < -0.3 is 10.6 Å². The topological polar surface area (TPSA) is 69.8 Å². The van der Waals surface area contributed by atoms with Crippen LogP contribution in [0.1, 0.15) is 0 Å². The summed E-state index contributed by atoms with van der Waals surface area (Å²) in [7, 11) is 0. The highest BCUT2D eigenvalue weighted by Crippen LogP contribution is 2.16. The molecule has 0 aromatic carbocycles. The molecule has 0 aliphatic carbocycles. The number of rotatable bonds is 0. The van der Waals surface area contributed by atoms with E-state index in [1.165, 1.54) is 0 Å². The van der Waals surface area contributed by atoms with Gasteiger partial charge in [-0.1, -0.05) is 0 Å². The van der Waals surface area contributed by atoms with Crippen LogP contribution >= 0.6 is 0 Å². The summed E-state index contributed by atoms with van der Waals surface area (Å²) in [5.41, 5.74) is 1.20. The van der Waals surface area contributed by atoms with E-state index >= 15 is 0 Å². The molecule has 2 rings (SSSR count). The van der Waals surface area contributed by atoms with E-state index in [0.29, 0.717) is 5.69 Å². The van der Waals surface area contributed by atoms with E-state index in [2.05, 4.69) is 20.8 Å². The molecule has 0 spiro atoms. The van der Waals surface area contributed by atoms with E-state index in [-0.39, 0.29) is 5.56 Å². The molecule has 3 N–H and O–H groups in total. The number of anilines is 2. The van der Waals surface area contributed by atoms with Crippen molar-refractivity contribution in [2.75, 3.05) is 23.7 Å². The number of H-pyrrole nitrogens is 1. The third kappa shape index (κ3) is 0.938. The van der Waals surface area contributed by atoms with Crippen LogP contribution in [0.15, 0.2) is 11.0 Å². The first kappa shape index (κ1) is 6.21. The molecule has 0 bridgehead atoms. The van der Waals surface area contributed by atoms with Crippen LogP contribution in [0.3, 0.4) is 0 Å². The Morgan fingerprint density at radius 3 is 3.00 bits per heavy atom. The molecule has 5 heteroatoms. The Hall–Kier alpha value is -1.52. The summed E-state index contributed by atoms with van der Waals surface area (Å²) in [5.74, 6) is 0. The first-order valence-electron chi connectivity index (χ1n) is 3.43. The van der Waals surface area contributed by atoms with Crippen LogP contribution in [0.5, 0.6) is 0 Å². The van der Waals surface area contributed by atoms with Crippen molar-refractivity contribution in [2.45, 2.75) is 0 Å². The number of fused-ring (bicyclic) bond motifs is 1. The van der Waals surface area contributed by atoms with Crippen LogP contribution < -0.4 is 16.2 Å². The van der Waals surface area contributed by atoms with Crippen LogP contribution in [0.25, 0.3) is 0 Å². The molecule has 0 fully saturated rings. The van der Waals surface area contributed by atoms with Crippen molar-refractivity contribution in [1.82, 2.24) is 10.2 Å². The number of aromatic nitrogens is 2. The van der Waals surface area contributed by atoms with Crippen molar-refractivity contribution in [1.29, 1.82) is 0 Å². The van der Waals surface area contributed by atoms with E-state index in [4.69, 9.17) is 0 Å². The molecule has 2 heterocycles. The molecule has 0 amide bonds. The first-order valence-corrected chi connectivity index (χ1v) is 3.43. The molecule has 1 aromatic heterocycles. The molecule has 5 nitrogen and oxygen atoms in total. The lowest BCUT2D eigenvalue weighted by Gasteiger charge is -2.17. The van der Waals surface area contributed by atoms with Gasteiger partial charge in [0.15, 0.2) is 0 Å². The summed E-state index contributed by atoms with van der Waals surface area (Å²) in [6, 6.07) is 0. The van der Waals surface area contributed by atoms with Gasteiger partial charge in [0.05, 0.1) is 11.9 Å². The van der Waals surface area contributed by atoms with Crippen LogP contribution in [0, 0.1) is 0 Å². The quantitative estimate of drug-likeness (QED) is 0.473. The summed E-state index contributed by atoms with van der Waals surface area (Å²) in [6.45, 7) is 1.61. The van der Waals surface area contributed by atoms with Gasteiger partial charge in [0.1, 0.15) is 5.69 Å². The van der Waals surface area contributed by atoms with Crippen LogP contribution in [-0.2, 0) is 0 Å². The van der Waals surface area contributed by atoms with Crippen molar-refractivity contribution in [2.24, 2.45) is 0 Å². The number of hydrogen-bond donors (Lipinski definition) is 3. The molecule has 1 aliphatic heterocycles. The molecular weight excluding hydrogens is 144 g/mol. The van der Waals surface area contributed by atoms with Crippen LogP contribution in [-0.4, -0.2) is 23.3 Å². The number of nitrogens with one attached hydrogen (secondary N) is 3. The predicted molar refractivity (Wildman–Crippen MR) is 41.8 cm³/mol. The zero-order valence-corrected chi connectivity index (χ0v) is 5.85. The van der Waals surface area contributed by atoms with Gasteiger partial charge in [-0.25, -0.2) is 5.10 Å². The maximum atomic E-state index is 11.0. The smallest absolute Gasteiger partial charge is 0.289 e. The molecule has 0 saturated heterocycles. The zero-order chi connectivity index (χ0) is 7.68. The largest absolute Gasteiger partial charge is 0.380 e. The Bertz CT molecular complexity index is 319. The SMILES string of the molecule is O=c1[nH]ncc2c1NCCN2. The van der Waals surface area contributed by atoms with E-state index in [1.807, 2.05) is 0 Å². The van der Waals surface area contributed by atoms with Crippen molar-refractivity contribution in [3.8, 4) is 0 Å². The van der Waals surface area contributed by atoms with Gasteiger partial charge in [-0.3, -0.25) is 4.79 Å². The average Bonchev–Trinajstić information content (AvgIpc) is 2.06. The fraction of sp³-hybridized carbons (Fsp3) is 0.333. The molecule has 0 radical (unpaired) electrons. The van der Waals surface area contributed by atoms with E-state index in [1.54, 1.807) is 6.20 Å². The standard InChI is InChI=1S/C6H8N4O/c11-6-5-4(3-9-10-6)7-1-2-8-5/h3,7-8H,1-2H2,(H,10,11). The van der Waals surface area contributed by atoms with E-state index in [9.17, 15) is 4.79 Å². The van der Waals surface area contributed by atoms with Gasteiger partial charge in [0.2, 0.25) is 0 Å². The highest BCUT2D eigenvalue weighted by Gasteiger charge is 2.09. The minimum absolute atomic E-state index is 0.172. The van der Waals surface area contributed by atoms with Gasteiger partial charge in [0.25, 0.3) is 5.56 Å². The highest BCUT2D eigenvalue weighted by atomic mass is 16.1. The van der Waals surface area contributed by atoms with Gasteiger partial charge >= 0.3 is 0 Å². The molecular formula is C6H8N4O. The average molecular weight is 152 g/mol. The zero-order valence-electron chi connectivity index (χ0n) is 5.85. The minimum Gasteiger partial charge on any atom is -0.380 e. The van der Waals surface area contributed by atoms with Gasteiger partial charge in [-0.05, 0) is 0 Å². The van der Waals surface area contributed by atoms with Crippen molar-refractivity contribution in [3.63, 3.8) is 0 Å². The van der Waals surface area contributed by atoms with Crippen molar-refractivity contribution in [3.05, 3.63) is 16.6 Å².